The number of aliphatic hydroxyl groups is 1. The summed E-state index contributed by atoms with van der Waals surface area (Å²) in [5.74, 6) is 0. The van der Waals surface area contributed by atoms with Crippen LogP contribution in [0.2, 0.25) is 0 Å². The van der Waals surface area contributed by atoms with E-state index in [1.54, 1.807) is 25.0 Å². The maximum Gasteiger partial charge on any atom is 0.163 e. The molecule has 0 radical (unpaired) electrons. The van der Waals surface area contributed by atoms with E-state index in [0.29, 0.717) is 13.1 Å². The van der Waals surface area contributed by atoms with Crippen LogP contribution in [0.25, 0.3) is 22.4 Å². The van der Waals surface area contributed by atoms with Gasteiger partial charge in [0, 0.05) is 50.7 Å². The number of pyridine rings is 1. The number of aromatic nitrogens is 5. The molecule has 2 aromatic carbocycles. The number of imidazole rings is 1. The minimum absolute atomic E-state index is 0.232. The average molecular weight is 506 g/mol. The van der Waals surface area contributed by atoms with Gasteiger partial charge in [-0.3, -0.25) is 14.8 Å². The molecule has 5 aromatic rings. The smallest absolute Gasteiger partial charge is 0.163 e. The van der Waals surface area contributed by atoms with Gasteiger partial charge in [-0.25, -0.2) is 15.0 Å². The van der Waals surface area contributed by atoms with E-state index in [1.807, 2.05) is 16.7 Å². The number of hydrogen-bond donors (Lipinski definition) is 1. The molecule has 3 aromatic heterocycles. The summed E-state index contributed by atoms with van der Waals surface area (Å²) < 4.78 is 1.92. The second-order valence-electron chi connectivity index (χ2n) is 9.74. The number of aliphatic hydroxyl groups excluding tert-OH is 1. The van der Waals surface area contributed by atoms with Crippen LogP contribution in [0.1, 0.15) is 17.2 Å². The Balaban J connectivity index is 1.11. The topological polar surface area (TPSA) is 83.2 Å². The highest BCUT2D eigenvalue weighted by atomic mass is 16.3. The van der Waals surface area contributed by atoms with Gasteiger partial charge in [-0.05, 0) is 23.3 Å². The molecule has 1 atom stereocenters. The van der Waals surface area contributed by atoms with Crippen molar-refractivity contribution in [2.45, 2.75) is 18.7 Å². The van der Waals surface area contributed by atoms with Crippen LogP contribution >= 0.6 is 0 Å². The van der Waals surface area contributed by atoms with Gasteiger partial charge in [0.15, 0.2) is 5.65 Å². The molecule has 0 amide bonds. The summed E-state index contributed by atoms with van der Waals surface area (Å²) >= 11 is 0. The van der Waals surface area contributed by atoms with Crippen molar-refractivity contribution in [1.29, 1.82) is 0 Å². The maximum absolute atomic E-state index is 11.0. The first-order valence-corrected chi connectivity index (χ1v) is 13.1. The Morgan fingerprint density at radius 1 is 0.737 bits per heavy atom. The Labute approximate surface area is 222 Å². The van der Waals surface area contributed by atoms with Gasteiger partial charge < -0.3 is 9.67 Å². The van der Waals surface area contributed by atoms with Gasteiger partial charge >= 0.3 is 0 Å². The highest BCUT2D eigenvalue weighted by molar-refractivity contribution is 5.86. The lowest BCUT2D eigenvalue weighted by Crippen LogP contribution is -2.50. The average Bonchev–Trinajstić information content (AvgIpc) is 3.38. The van der Waals surface area contributed by atoms with Crippen molar-refractivity contribution < 1.29 is 5.11 Å². The van der Waals surface area contributed by atoms with E-state index in [2.05, 4.69) is 90.4 Å². The summed E-state index contributed by atoms with van der Waals surface area (Å²) in [6, 6.07) is 25.5. The molecule has 1 aliphatic rings. The first-order valence-electron chi connectivity index (χ1n) is 13.1. The zero-order valence-corrected chi connectivity index (χ0v) is 21.2. The molecule has 1 aliphatic heterocycles. The number of nitrogens with zero attached hydrogens (tertiary/aromatic N) is 7. The molecule has 8 nitrogen and oxygen atoms in total. The fraction of sp³-hybridized carbons (Fsp3) is 0.267. The van der Waals surface area contributed by atoms with Crippen LogP contribution < -0.4 is 0 Å². The minimum atomic E-state index is -0.530. The molecule has 0 saturated carbocycles. The van der Waals surface area contributed by atoms with Crippen molar-refractivity contribution in [3.63, 3.8) is 0 Å². The molecular weight excluding hydrogens is 474 g/mol. The molecule has 0 bridgehead atoms. The lowest BCUT2D eigenvalue weighted by molar-refractivity contribution is 0.0560. The van der Waals surface area contributed by atoms with E-state index < -0.39 is 6.10 Å². The number of hydrogen-bond acceptors (Lipinski definition) is 7. The largest absolute Gasteiger partial charge is 0.390 e. The van der Waals surface area contributed by atoms with Gasteiger partial charge in [-0.15, -0.1) is 0 Å². The molecule has 1 saturated heterocycles. The molecule has 1 fully saturated rings. The second kappa shape index (κ2) is 11.2. The predicted octanol–water partition coefficient (Wildman–Crippen LogP) is 3.66. The number of benzene rings is 2. The highest BCUT2D eigenvalue weighted by Gasteiger charge is 2.27. The zero-order chi connectivity index (χ0) is 25.7. The van der Waals surface area contributed by atoms with Gasteiger partial charge in [0.1, 0.15) is 17.5 Å². The molecule has 0 unspecified atom stereocenters. The third-order valence-electron chi connectivity index (χ3n) is 7.23. The van der Waals surface area contributed by atoms with E-state index >= 15 is 0 Å². The molecule has 38 heavy (non-hydrogen) atoms. The number of piperazine rings is 1. The number of fused-ring (bicyclic) bond motifs is 1. The summed E-state index contributed by atoms with van der Waals surface area (Å²) in [5, 5.41) is 11.0. The quantitative estimate of drug-likeness (QED) is 0.345. The number of rotatable bonds is 8. The van der Waals surface area contributed by atoms with Crippen molar-refractivity contribution in [3.05, 3.63) is 109 Å². The van der Waals surface area contributed by atoms with Crippen LogP contribution in [-0.2, 0) is 6.54 Å². The van der Waals surface area contributed by atoms with Crippen molar-refractivity contribution in [1.82, 2.24) is 34.3 Å². The third kappa shape index (κ3) is 5.19. The predicted molar refractivity (Wildman–Crippen MR) is 147 cm³/mol. The lowest BCUT2D eigenvalue weighted by Gasteiger charge is -2.40. The molecule has 6 rings (SSSR count). The molecule has 8 heteroatoms. The highest BCUT2D eigenvalue weighted by Crippen LogP contribution is 2.29. The number of β-amino-alcohol motifs (C(OH)–C–C–N with tert-alkyl or cyclic N) is 1. The fourth-order valence-corrected chi connectivity index (χ4v) is 5.41. The Kier molecular flexibility index (Phi) is 7.17. The molecular formula is C30H31N7O. The normalized spacial score (nSPS) is 15.7. The van der Waals surface area contributed by atoms with Gasteiger partial charge in [-0.2, -0.15) is 0 Å². The molecule has 192 valence electrons. The SMILES string of the molecule is O[C@@H](CN1CCN(C(c2ccccc2)c2ccccc2)CC1)Cn1cnc2c(-c3ccncc3)ncnc21. The first-order chi connectivity index (χ1) is 18.8. The van der Waals surface area contributed by atoms with Crippen molar-refractivity contribution in [2.24, 2.45) is 0 Å². The van der Waals surface area contributed by atoms with Crippen LogP contribution in [0, 0.1) is 0 Å². The van der Waals surface area contributed by atoms with Gasteiger partial charge in [0.25, 0.3) is 0 Å². The van der Waals surface area contributed by atoms with Crippen LogP contribution in [0.4, 0.5) is 0 Å². The Hall–Kier alpha value is -3.98. The molecule has 1 N–H and O–H groups in total. The van der Waals surface area contributed by atoms with E-state index in [9.17, 15) is 5.11 Å². The van der Waals surface area contributed by atoms with Gasteiger partial charge in [0.2, 0.25) is 0 Å². The second-order valence-corrected chi connectivity index (χ2v) is 9.74. The van der Waals surface area contributed by atoms with Crippen LogP contribution in [0.3, 0.4) is 0 Å². The standard InChI is InChI=1S/C30H31N7O/c38-26(20-37-22-34-28-27(32-21-33-30(28)37)23-11-13-31-14-12-23)19-35-15-17-36(18-16-35)29(24-7-3-1-4-8-24)25-9-5-2-6-10-25/h1-14,21-22,26,29,38H,15-20H2/t26-/m0/s1. The Morgan fingerprint density at radius 3 is 2.05 bits per heavy atom. The summed E-state index contributed by atoms with van der Waals surface area (Å²) in [6.45, 7) is 4.74. The van der Waals surface area contributed by atoms with Crippen LogP contribution in [0.5, 0.6) is 0 Å². The van der Waals surface area contributed by atoms with Gasteiger partial charge in [0.05, 0.1) is 25.0 Å². The summed E-state index contributed by atoms with van der Waals surface area (Å²) in [5.41, 5.74) is 5.80. The van der Waals surface area contributed by atoms with Crippen LogP contribution in [-0.4, -0.2) is 78.2 Å². The Bertz CT molecular complexity index is 1410. The fourth-order valence-electron chi connectivity index (χ4n) is 5.41. The van der Waals surface area contributed by atoms with E-state index in [4.69, 9.17) is 0 Å². The van der Waals surface area contributed by atoms with Crippen molar-refractivity contribution in [3.8, 4) is 11.3 Å². The first kappa shape index (κ1) is 24.4. The summed E-state index contributed by atoms with van der Waals surface area (Å²) in [4.78, 5) is 22.5. The minimum Gasteiger partial charge on any atom is -0.390 e. The van der Waals surface area contributed by atoms with E-state index in [-0.39, 0.29) is 6.04 Å². The van der Waals surface area contributed by atoms with Crippen molar-refractivity contribution >= 4 is 11.2 Å². The van der Waals surface area contributed by atoms with E-state index in [1.165, 1.54) is 11.1 Å². The van der Waals surface area contributed by atoms with E-state index in [0.717, 1.165) is 48.6 Å². The third-order valence-corrected chi connectivity index (χ3v) is 7.23. The Morgan fingerprint density at radius 2 is 1.39 bits per heavy atom. The van der Waals surface area contributed by atoms with Gasteiger partial charge in [-0.1, -0.05) is 60.7 Å². The summed E-state index contributed by atoms with van der Waals surface area (Å²) in [7, 11) is 0. The van der Waals surface area contributed by atoms with Crippen molar-refractivity contribution in [2.75, 3.05) is 32.7 Å². The van der Waals surface area contributed by atoms with Crippen LogP contribution in [0.15, 0.2) is 97.8 Å². The molecule has 0 aliphatic carbocycles. The molecule has 4 heterocycles. The monoisotopic (exact) mass is 505 g/mol. The lowest BCUT2D eigenvalue weighted by atomic mass is 9.96. The summed E-state index contributed by atoms with van der Waals surface area (Å²) in [6.07, 6.45) is 6.25. The maximum atomic E-state index is 11.0. The zero-order valence-electron chi connectivity index (χ0n) is 21.2. The molecule has 0 spiro atoms.